The van der Waals surface area contributed by atoms with E-state index in [-0.39, 0.29) is 17.8 Å². The molecule has 1 aromatic rings. The number of rotatable bonds is 2. The van der Waals surface area contributed by atoms with Gasteiger partial charge in [0.2, 0.25) is 0 Å². The maximum atomic E-state index is 10.5. The number of carboxylic acid groups (broad SMARTS) is 1. The molecule has 0 bridgehead atoms. The minimum absolute atomic E-state index is 0.192. The van der Waals surface area contributed by atoms with Crippen molar-refractivity contribution in [1.82, 2.24) is 14.9 Å². The molecule has 1 aromatic heterocycles. The maximum absolute atomic E-state index is 10.5. The monoisotopic (exact) mass is 288 g/mol. The molecule has 0 aliphatic carbocycles. The Balaban J connectivity index is 1.96. The number of aromatic nitrogens is 2. The van der Waals surface area contributed by atoms with Crippen LogP contribution in [0.1, 0.15) is 0 Å². The van der Waals surface area contributed by atoms with E-state index in [2.05, 4.69) is 25.9 Å². The predicted octanol–water partition coefficient (Wildman–Crippen LogP) is 0.562. The Kier molecular flexibility index (Phi) is 2.82. The number of ether oxygens (including phenoxy) is 1. The van der Waals surface area contributed by atoms with Crippen LogP contribution in [0.2, 0.25) is 0 Å². The van der Waals surface area contributed by atoms with Crippen molar-refractivity contribution < 1.29 is 14.6 Å². The van der Waals surface area contributed by atoms with Gasteiger partial charge in [-0.15, -0.1) is 0 Å². The van der Waals surface area contributed by atoms with Crippen molar-refractivity contribution in [2.45, 2.75) is 6.10 Å². The molecule has 7 nitrogen and oxygen atoms in total. The molecule has 16 heavy (non-hydrogen) atoms. The second kappa shape index (κ2) is 4.12. The van der Waals surface area contributed by atoms with Crippen LogP contribution in [-0.2, 0) is 0 Å². The van der Waals surface area contributed by atoms with Gasteiger partial charge in [0.15, 0.2) is 5.82 Å². The van der Waals surface area contributed by atoms with E-state index in [4.69, 9.17) is 15.6 Å². The van der Waals surface area contributed by atoms with E-state index >= 15 is 0 Å². The average Bonchev–Trinajstić information content (AvgIpc) is 2.15. The highest BCUT2D eigenvalue weighted by atomic mass is 79.9. The maximum Gasteiger partial charge on any atom is 0.407 e. The molecular formula is C8H9BrN4O3. The highest BCUT2D eigenvalue weighted by molar-refractivity contribution is 9.10. The summed E-state index contributed by atoms with van der Waals surface area (Å²) in [5.74, 6) is 0.418. The molecule has 2 rings (SSSR count). The zero-order chi connectivity index (χ0) is 11.7. The van der Waals surface area contributed by atoms with Crippen LogP contribution in [-0.4, -0.2) is 45.3 Å². The summed E-state index contributed by atoms with van der Waals surface area (Å²) >= 11 is 3.15. The van der Waals surface area contributed by atoms with E-state index in [9.17, 15) is 4.79 Å². The van der Waals surface area contributed by atoms with E-state index in [1.54, 1.807) is 0 Å². The SMILES string of the molecule is Nc1ncc(Br)nc1OC1CN(C(=O)O)C1. The third-order valence-corrected chi connectivity index (χ3v) is 2.52. The quantitative estimate of drug-likeness (QED) is 0.825. The van der Waals surface area contributed by atoms with E-state index < -0.39 is 6.09 Å². The number of halogens is 1. The molecule has 0 aromatic carbocycles. The van der Waals surface area contributed by atoms with Gasteiger partial charge >= 0.3 is 6.09 Å². The Hall–Kier alpha value is -1.57. The zero-order valence-electron chi connectivity index (χ0n) is 8.13. The lowest BCUT2D eigenvalue weighted by Gasteiger charge is -2.36. The molecule has 0 spiro atoms. The van der Waals surface area contributed by atoms with Gasteiger partial charge in [-0.2, -0.15) is 0 Å². The van der Waals surface area contributed by atoms with Crippen molar-refractivity contribution in [1.29, 1.82) is 0 Å². The van der Waals surface area contributed by atoms with Gasteiger partial charge in [-0.1, -0.05) is 0 Å². The van der Waals surface area contributed by atoms with Crippen LogP contribution in [0.3, 0.4) is 0 Å². The summed E-state index contributed by atoms with van der Waals surface area (Å²) in [5.41, 5.74) is 5.56. The van der Waals surface area contributed by atoms with Crippen LogP contribution in [0, 0.1) is 0 Å². The number of hydrogen-bond donors (Lipinski definition) is 2. The van der Waals surface area contributed by atoms with E-state index in [1.165, 1.54) is 11.1 Å². The highest BCUT2D eigenvalue weighted by Gasteiger charge is 2.32. The Morgan fingerprint density at radius 2 is 2.38 bits per heavy atom. The first-order chi connectivity index (χ1) is 7.56. The third-order valence-electron chi connectivity index (χ3n) is 2.13. The van der Waals surface area contributed by atoms with Gasteiger partial charge in [-0.05, 0) is 15.9 Å². The van der Waals surface area contributed by atoms with Crippen molar-refractivity contribution in [3.05, 3.63) is 10.8 Å². The smallest absolute Gasteiger partial charge is 0.407 e. The molecule has 86 valence electrons. The molecule has 1 aliphatic heterocycles. The number of carbonyl (C=O) groups is 1. The summed E-state index contributed by atoms with van der Waals surface area (Å²) < 4.78 is 5.93. The molecule has 0 unspecified atom stereocenters. The van der Waals surface area contributed by atoms with Crippen LogP contribution in [0.15, 0.2) is 10.8 Å². The van der Waals surface area contributed by atoms with Gasteiger partial charge < -0.3 is 20.5 Å². The van der Waals surface area contributed by atoms with Gasteiger partial charge in [0.1, 0.15) is 10.7 Å². The number of amides is 1. The van der Waals surface area contributed by atoms with Crippen LogP contribution in [0.4, 0.5) is 10.6 Å². The summed E-state index contributed by atoms with van der Waals surface area (Å²) in [7, 11) is 0. The average molecular weight is 289 g/mol. The number of hydrogen-bond acceptors (Lipinski definition) is 5. The summed E-state index contributed by atoms with van der Waals surface area (Å²) in [6.45, 7) is 0.645. The molecule has 2 heterocycles. The standard InChI is InChI=1S/C8H9BrN4O3/c9-5-1-11-6(10)7(12-5)16-4-2-13(3-4)8(14)15/h1,4H,2-3H2,(H2,10,11)(H,14,15). The first-order valence-electron chi connectivity index (χ1n) is 4.49. The van der Waals surface area contributed by atoms with Crippen LogP contribution >= 0.6 is 15.9 Å². The van der Waals surface area contributed by atoms with Crippen molar-refractivity contribution in [3.63, 3.8) is 0 Å². The van der Waals surface area contributed by atoms with E-state index in [0.717, 1.165) is 0 Å². The Bertz CT molecular complexity index is 422. The number of likely N-dealkylation sites (tertiary alicyclic amines) is 1. The first kappa shape index (κ1) is 10.9. The van der Waals surface area contributed by atoms with E-state index in [0.29, 0.717) is 17.7 Å². The third kappa shape index (κ3) is 2.16. The highest BCUT2D eigenvalue weighted by Crippen LogP contribution is 2.22. The number of anilines is 1. The molecule has 1 aliphatic rings. The Morgan fingerprint density at radius 3 is 3.00 bits per heavy atom. The van der Waals surface area contributed by atoms with Gasteiger partial charge in [0.25, 0.3) is 5.88 Å². The summed E-state index contributed by atoms with van der Waals surface area (Å²) in [4.78, 5) is 19.6. The summed E-state index contributed by atoms with van der Waals surface area (Å²) in [6.07, 6.45) is 0.308. The predicted molar refractivity (Wildman–Crippen MR) is 58.2 cm³/mol. The molecule has 1 saturated heterocycles. The van der Waals surface area contributed by atoms with Crippen molar-refractivity contribution in [3.8, 4) is 5.88 Å². The van der Waals surface area contributed by atoms with Gasteiger partial charge in [-0.3, -0.25) is 0 Å². The fourth-order valence-electron chi connectivity index (χ4n) is 1.27. The topological polar surface area (TPSA) is 102 Å². The molecule has 0 atom stereocenters. The van der Waals surface area contributed by atoms with Crippen molar-refractivity contribution in [2.24, 2.45) is 0 Å². The Morgan fingerprint density at radius 1 is 1.69 bits per heavy atom. The van der Waals surface area contributed by atoms with Gasteiger partial charge in [-0.25, -0.2) is 14.8 Å². The molecule has 1 fully saturated rings. The lowest BCUT2D eigenvalue weighted by molar-refractivity contribution is 0.0230. The van der Waals surface area contributed by atoms with Gasteiger partial charge in [0, 0.05) is 0 Å². The fraction of sp³-hybridized carbons (Fsp3) is 0.375. The number of nitrogens with zero attached hydrogens (tertiary/aromatic N) is 3. The minimum Gasteiger partial charge on any atom is -0.468 e. The normalized spacial score (nSPS) is 15.7. The molecular weight excluding hydrogens is 280 g/mol. The van der Waals surface area contributed by atoms with Crippen molar-refractivity contribution >= 4 is 27.8 Å². The van der Waals surface area contributed by atoms with Crippen LogP contribution in [0.5, 0.6) is 5.88 Å². The summed E-state index contributed by atoms with van der Waals surface area (Å²) in [6, 6.07) is 0. The molecule has 0 saturated carbocycles. The minimum atomic E-state index is -0.951. The lowest BCUT2D eigenvalue weighted by atomic mass is 10.2. The van der Waals surface area contributed by atoms with Crippen LogP contribution < -0.4 is 10.5 Å². The molecule has 1 amide bonds. The first-order valence-corrected chi connectivity index (χ1v) is 5.28. The van der Waals surface area contributed by atoms with Gasteiger partial charge in [0.05, 0.1) is 19.3 Å². The molecule has 8 heteroatoms. The van der Waals surface area contributed by atoms with Crippen LogP contribution in [0.25, 0.3) is 0 Å². The largest absolute Gasteiger partial charge is 0.468 e. The summed E-state index contributed by atoms with van der Waals surface area (Å²) in [5, 5.41) is 8.63. The molecule has 0 radical (unpaired) electrons. The number of nitrogens with two attached hydrogens (primary N) is 1. The van der Waals surface area contributed by atoms with Crippen molar-refractivity contribution in [2.75, 3.05) is 18.8 Å². The van der Waals surface area contributed by atoms with E-state index in [1.807, 2.05) is 0 Å². The second-order valence-corrected chi connectivity index (χ2v) is 4.12. The Labute approximate surface area is 99.4 Å². The number of nitrogen functional groups attached to an aromatic ring is 1. The molecule has 3 N–H and O–H groups in total. The zero-order valence-corrected chi connectivity index (χ0v) is 9.72. The lowest BCUT2D eigenvalue weighted by Crippen LogP contribution is -2.55. The second-order valence-electron chi connectivity index (χ2n) is 3.31. The fourth-order valence-corrected chi connectivity index (χ4v) is 1.54.